The summed E-state index contributed by atoms with van der Waals surface area (Å²) in [4.78, 5) is 3.79. The van der Waals surface area contributed by atoms with Gasteiger partial charge in [0.2, 0.25) is 5.95 Å². The number of halogens is 3. The van der Waals surface area contributed by atoms with Gasteiger partial charge in [-0.2, -0.15) is 18.3 Å². The molecule has 0 fully saturated rings. The van der Waals surface area contributed by atoms with E-state index in [4.69, 9.17) is 0 Å². The molecule has 1 N–H and O–H groups in total. The van der Waals surface area contributed by atoms with Gasteiger partial charge in [0.25, 0.3) is 0 Å². The lowest BCUT2D eigenvalue weighted by molar-refractivity contribution is -0.115. The Hall–Kier alpha value is -1.40. The maximum Gasteiger partial charge on any atom is 0.405 e. The van der Waals surface area contributed by atoms with Crippen LogP contribution in [0.1, 0.15) is 11.4 Å². The second kappa shape index (κ2) is 3.77. The van der Waals surface area contributed by atoms with Gasteiger partial charge in [0.15, 0.2) is 0 Å². The first-order valence-corrected chi connectivity index (χ1v) is 3.87. The molecule has 0 aliphatic heterocycles. The number of hydrogen-bond acceptors (Lipinski definition) is 4. The van der Waals surface area contributed by atoms with E-state index in [0.717, 1.165) is 0 Å². The van der Waals surface area contributed by atoms with Crippen LogP contribution in [0.5, 0.6) is 0 Å². The molecule has 7 heteroatoms. The maximum atomic E-state index is 11.8. The summed E-state index contributed by atoms with van der Waals surface area (Å²) in [6.45, 7) is 2.18. The third kappa shape index (κ3) is 3.15. The molecular formula is C7H9F3N4. The van der Waals surface area contributed by atoms with Gasteiger partial charge in [-0.1, -0.05) is 0 Å². The lowest BCUT2D eigenvalue weighted by Gasteiger charge is -2.07. The average molecular weight is 206 g/mol. The van der Waals surface area contributed by atoms with E-state index in [1.807, 2.05) is 5.32 Å². The number of nitrogens with zero attached hydrogens (tertiary/aromatic N) is 3. The van der Waals surface area contributed by atoms with Crippen molar-refractivity contribution in [2.45, 2.75) is 20.0 Å². The van der Waals surface area contributed by atoms with Crippen LogP contribution >= 0.6 is 0 Å². The van der Waals surface area contributed by atoms with Gasteiger partial charge >= 0.3 is 6.18 Å². The highest BCUT2D eigenvalue weighted by molar-refractivity contribution is 5.24. The Labute approximate surface area is 78.6 Å². The SMILES string of the molecule is Cc1nnc(NCC(F)(F)F)nc1C. The lowest BCUT2D eigenvalue weighted by atomic mass is 10.4. The molecule has 0 radical (unpaired) electrons. The quantitative estimate of drug-likeness (QED) is 0.795. The minimum atomic E-state index is -4.28. The fraction of sp³-hybridized carbons (Fsp3) is 0.571. The molecule has 0 atom stereocenters. The topological polar surface area (TPSA) is 50.7 Å². The number of nitrogens with one attached hydrogen (secondary N) is 1. The molecule has 0 aliphatic carbocycles. The van der Waals surface area contributed by atoms with Crippen LogP contribution in [0.2, 0.25) is 0 Å². The Kier molecular flexibility index (Phi) is 2.87. The van der Waals surface area contributed by atoms with E-state index in [-0.39, 0.29) is 5.95 Å². The molecule has 0 unspecified atom stereocenters. The van der Waals surface area contributed by atoms with Gasteiger partial charge in [-0.15, -0.1) is 5.10 Å². The van der Waals surface area contributed by atoms with Crippen LogP contribution in [0.3, 0.4) is 0 Å². The van der Waals surface area contributed by atoms with Gasteiger partial charge < -0.3 is 5.32 Å². The van der Waals surface area contributed by atoms with Gasteiger partial charge in [-0.25, -0.2) is 4.98 Å². The molecule has 1 aromatic rings. The summed E-state index contributed by atoms with van der Waals surface area (Å²) in [6.07, 6.45) is -4.28. The fourth-order valence-corrected chi connectivity index (χ4v) is 0.711. The summed E-state index contributed by atoms with van der Waals surface area (Å²) in [5, 5.41) is 9.15. The fourth-order valence-electron chi connectivity index (χ4n) is 0.711. The number of hydrogen-bond donors (Lipinski definition) is 1. The minimum Gasteiger partial charge on any atom is -0.344 e. The van der Waals surface area contributed by atoms with Gasteiger partial charge in [0.05, 0.1) is 11.4 Å². The Bertz CT molecular complexity index is 323. The van der Waals surface area contributed by atoms with Crippen LogP contribution < -0.4 is 5.32 Å². The highest BCUT2D eigenvalue weighted by Gasteiger charge is 2.27. The van der Waals surface area contributed by atoms with Crippen LogP contribution in [0, 0.1) is 13.8 Å². The summed E-state index contributed by atoms with van der Waals surface area (Å²) in [6, 6.07) is 0. The van der Waals surface area contributed by atoms with E-state index in [0.29, 0.717) is 11.4 Å². The third-order valence-corrected chi connectivity index (χ3v) is 1.54. The Morgan fingerprint density at radius 1 is 1.14 bits per heavy atom. The zero-order valence-corrected chi connectivity index (χ0v) is 7.68. The Morgan fingerprint density at radius 2 is 1.79 bits per heavy atom. The van der Waals surface area contributed by atoms with E-state index in [1.165, 1.54) is 0 Å². The second-order valence-electron chi connectivity index (χ2n) is 2.77. The monoisotopic (exact) mass is 206 g/mol. The lowest BCUT2D eigenvalue weighted by Crippen LogP contribution is -2.22. The zero-order valence-electron chi connectivity index (χ0n) is 7.68. The van der Waals surface area contributed by atoms with Gasteiger partial charge in [-0.05, 0) is 13.8 Å². The molecule has 1 aromatic heterocycles. The van der Waals surface area contributed by atoms with Crippen LogP contribution in [0.25, 0.3) is 0 Å². The summed E-state index contributed by atoms with van der Waals surface area (Å²) < 4.78 is 35.3. The first-order valence-electron chi connectivity index (χ1n) is 3.87. The van der Waals surface area contributed by atoms with Crippen LogP contribution in [0.15, 0.2) is 0 Å². The van der Waals surface area contributed by atoms with Crippen molar-refractivity contribution in [2.75, 3.05) is 11.9 Å². The normalized spacial score (nSPS) is 11.5. The van der Waals surface area contributed by atoms with Crippen LogP contribution in [0.4, 0.5) is 19.1 Å². The number of anilines is 1. The second-order valence-corrected chi connectivity index (χ2v) is 2.77. The highest BCUT2D eigenvalue weighted by Crippen LogP contribution is 2.14. The minimum absolute atomic E-state index is 0.106. The smallest absolute Gasteiger partial charge is 0.344 e. The van der Waals surface area contributed by atoms with Crippen molar-refractivity contribution in [1.29, 1.82) is 0 Å². The Morgan fingerprint density at radius 3 is 2.29 bits per heavy atom. The third-order valence-electron chi connectivity index (χ3n) is 1.54. The van der Waals surface area contributed by atoms with Crippen molar-refractivity contribution < 1.29 is 13.2 Å². The van der Waals surface area contributed by atoms with Crippen molar-refractivity contribution in [1.82, 2.24) is 15.2 Å². The predicted molar refractivity (Wildman–Crippen MR) is 43.8 cm³/mol. The first-order chi connectivity index (χ1) is 6.38. The van der Waals surface area contributed by atoms with Crippen molar-refractivity contribution in [3.05, 3.63) is 11.4 Å². The molecule has 0 saturated heterocycles. The molecule has 0 aromatic carbocycles. The van der Waals surface area contributed by atoms with Gasteiger partial charge in [0.1, 0.15) is 6.54 Å². The van der Waals surface area contributed by atoms with Crippen LogP contribution in [-0.4, -0.2) is 27.9 Å². The molecule has 0 aliphatic rings. The molecule has 0 spiro atoms. The first kappa shape index (κ1) is 10.7. The van der Waals surface area contributed by atoms with Crippen molar-refractivity contribution in [3.8, 4) is 0 Å². The molecule has 4 nitrogen and oxygen atoms in total. The molecule has 0 saturated carbocycles. The number of aryl methyl sites for hydroxylation is 2. The summed E-state index contributed by atoms with van der Waals surface area (Å²) in [7, 11) is 0. The van der Waals surface area contributed by atoms with E-state index >= 15 is 0 Å². The van der Waals surface area contributed by atoms with E-state index in [1.54, 1.807) is 13.8 Å². The largest absolute Gasteiger partial charge is 0.405 e. The highest BCUT2D eigenvalue weighted by atomic mass is 19.4. The number of alkyl halides is 3. The molecule has 0 amide bonds. The van der Waals surface area contributed by atoms with Crippen molar-refractivity contribution >= 4 is 5.95 Å². The summed E-state index contributed by atoms with van der Waals surface area (Å²) >= 11 is 0. The van der Waals surface area contributed by atoms with E-state index in [9.17, 15) is 13.2 Å². The van der Waals surface area contributed by atoms with E-state index in [2.05, 4.69) is 15.2 Å². The van der Waals surface area contributed by atoms with Crippen LogP contribution in [-0.2, 0) is 0 Å². The number of aromatic nitrogens is 3. The van der Waals surface area contributed by atoms with Gasteiger partial charge in [-0.3, -0.25) is 0 Å². The van der Waals surface area contributed by atoms with Crippen molar-refractivity contribution in [3.63, 3.8) is 0 Å². The number of rotatable bonds is 2. The molecule has 78 valence electrons. The molecule has 0 bridgehead atoms. The standard InChI is InChI=1S/C7H9F3N4/c1-4-5(2)13-14-6(12-4)11-3-7(8,9)10/h3H2,1-2H3,(H,11,12,14). The van der Waals surface area contributed by atoms with E-state index < -0.39 is 12.7 Å². The Balaban J connectivity index is 2.65. The zero-order chi connectivity index (χ0) is 10.8. The molecule has 1 rings (SSSR count). The van der Waals surface area contributed by atoms with Gasteiger partial charge in [0, 0.05) is 0 Å². The molecular weight excluding hydrogens is 197 g/mol. The molecule has 14 heavy (non-hydrogen) atoms. The maximum absolute atomic E-state index is 11.8. The predicted octanol–water partition coefficient (Wildman–Crippen LogP) is 1.46. The summed E-state index contributed by atoms with van der Waals surface area (Å²) in [5.41, 5.74) is 1.16. The average Bonchev–Trinajstić information content (AvgIpc) is 2.06. The van der Waals surface area contributed by atoms with Crippen molar-refractivity contribution in [2.24, 2.45) is 0 Å². The molecule has 1 heterocycles. The summed E-state index contributed by atoms with van der Waals surface area (Å²) in [5.74, 6) is -0.106.